The Balaban J connectivity index is 2.51. The Morgan fingerprint density at radius 1 is 1.22 bits per heavy atom. The molecule has 1 N–H and O–H groups in total. The number of aromatic nitrogens is 2. The van der Waals surface area contributed by atoms with E-state index in [9.17, 15) is 0 Å². The van der Waals surface area contributed by atoms with Crippen molar-refractivity contribution in [2.24, 2.45) is 5.41 Å². The first kappa shape index (κ1) is 15.7. The average molecular weight is 290 g/mol. The number of nitrogens with zero attached hydrogens (tertiary/aromatic N) is 2. The molecule has 3 nitrogen and oxygen atoms in total. The zero-order valence-electron chi connectivity index (χ0n) is 12.0. The molecule has 0 aliphatic carbocycles. The van der Waals surface area contributed by atoms with Crippen molar-refractivity contribution in [3.8, 4) is 0 Å². The highest BCUT2D eigenvalue weighted by molar-refractivity contribution is 7.09. The number of alkyl halides is 1. The van der Waals surface area contributed by atoms with Crippen molar-refractivity contribution >= 4 is 28.3 Å². The molecule has 0 unspecified atom stereocenters. The van der Waals surface area contributed by atoms with Crippen LogP contribution in [-0.4, -0.2) is 21.8 Å². The molecule has 1 aromatic heterocycles. The van der Waals surface area contributed by atoms with E-state index in [2.05, 4.69) is 49.3 Å². The zero-order chi connectivity index (χ0) is 13.8. The zero-order valence-corrected chi connectivity index (χ0v) is 13.6. The summed E-state index contributed by atoms with van der Waals surface area (Å²) in [6.45, 7) is 11.8. The molecule has 1 rings (SSSR count). The average Bonchev–Trinajstić information content (AvgIpc) is 2.72. The molecule has 5 heteroatoms. The predicted molar refractivity (Wildman–Crippen MR) is 80.8 cm³/mol. The summed E-state index contributed by atoms with van der Waals surface area (Å²) in [5.41, 5.74) is 0.257. The van der Waals surface area contributed by atoms with Crippen molar-refractivity contribution in [3.63, 3.8) is 0 Å². The predicted octanol–water partition coefficient (Wildman–Crippen LogP) is 4.29. The Bertz CT molecular complexity index is 369. The van der Waals surface area contributed by atoms with Crippen LogP contribution in [0.15, 0.2) is 0 Å². The van der Waals surface area contributed by atoms with E-state index in [1.165, 1.54) is 11.5 Å². The largest absolute Gasteiger partial charge is 0.360 e. The Kier molecular flexibility index (Phi) is 5.41. The molecule has 0 bridgehead atoms. The third-order valence-corrected chi connectivity index (χ3v) is 3.74. The minimum absolute atomic E-state index is 0.0184. The first-order valence-corrected chi connectivity index (χ1v) is 7.69. The lowest BCUT2D eigenvalue weighted by Crippen LogP contribution is -2.23. The van der Waals surface area contributed by atoms with Crippen LogP contribution in [0.2, 0.25) is 0 Å². The van der Waals surface area contributed by atoms with Gasteiger partial charge in [0.25, 0.3) is 0 Å². The van der Waals surface area contributed by atoms with Crippen LogP contribution in [0.25, 0.3) is 0 Å². The second-order valence-corrected chi connectivity index (χ2v) is 7.61. The lowest BCUT2D eigenvalue weighted by atomic mass is 9.88. The number of nitrogens with one attached hydrogen (secondary N) is 1. The number of halogens is 1. The highest BCUT2D eigenvalue weighted by Gasteiger charge is 2.21. The smallest absolute Gasteiger partial charge is 0.202 e. The maximum Gasteiger partial charge on any atom is 0.202 e. The third kappa shape index (κ3) is 5.11. The van der Waals surface area contributed by atoms with Crippen molar-refractivity contribution < 1.29 is 0 Å². The highest BCUT2D eigenvalue weighted by Crippen LogP contribution is 2.26. The molecule has 104 valence electrons. The van der Waals surface area contributed by atoms with Crippen LogP contribution >= 0.6 is 23.1 Å². The molecule has 18 heavy (non-hydrogen) atoms. The fraction of sp³-hybridized carbons (Fsp3) is 0.846. The number of hydrogen-bond donors (Lipinski definition) is 1. The van der Waals surface area contributed by atoms with Gasteiger partial charge >= 0.3 is 0 Å². The highest BCUT2D eigenvalue weighted by atomic mass is 35.5. The quantitative estimate of drug-likeness (QED) is 0.794. The van der Waals surface area contributed by atoms with Crippen LogP contribution in [0.4, 0.5) is 5.13 Å². The summed E-state index contributed by atoms with van der Waals surface area (Å²) in [4.78, 5) is 4.54. The minimum atomic E-state index is 0.0184. The summed E-state index contributed by atoms with van der Waals surface area (Å²) in [5.74, 6) is 1.64. The number of hydrogen-bond acceptors (Lipinski definition) is 4. The minimum Gasteiger partial charge on any atom is -0.360 e. The second kappa shape index (κ2) is 6.20. The molecule has 1 aromatic rings. The molecule has 0 atom stereocenters. The van der Waals surface area contributed by atoms with Gasteiger partial charge in [-0.15, -0.1) is 11.6 Å². The van der Waals surface area contributed by atoms with Crippen molar-refractivity contribution in [3.05, 3.63) is 5.82 Å². The maximum absolute atomic E-state index is 5.74. The molecular weight excluding hydrogens is 266 g/mol. The van der Waals surface area contributed by atoms with Crippen LogP contribution in [-0.2, 0) is 5.41 Å². The van der Waals surface area contributed by atoms with Crippen LogP contribution in [0.3, 0.4) is 0 Å². The third-order valence-electron chi connectivity index (χ3n) is 2.80. The molecule has 0 radical (unpaired) electrons. The molecule has 0 aliphatic rings. The van der Waals surface area contributed by atoms with Crippen molar-refractivity contribution in [1.29, 1.82) is 0 Å². The summed E-state index contributed by atoms with van der Waals surface area (Å²) in [6.07, 6.45) is 2.17. The fourth-order valence-corrected chi connectivity index (χ4v) is 2.43. The standard InChI is InChI=1S/C13H24ClN3S/c1-12(2,3)10-16-11(18-17-10)15-9-13(4,5)7-6-8-14/h6-9H2,1-5H3,(H,15,16,17). The SMILES string of the molecule is CC(C)(CCCCl)CNc1nc(C(C)(C)C)ns1. The molecule has 0 saturated carbocycles. The van der Waals surface area contributed by atoms with E-state index < -0.39 is 0 Å². The van der Waals surface area contributed by atoms with E-state index in [1.54, 1.807) is 0 Å². The molecule has 0 amide bonds. The first-order chi connectivity index (χ1) is 8.24. The Morgan fingerprint density at radius 3 is 2.39 bits per heavy atom. The molecular formula is C13H24ClN3S. The Hall–Kier alpha value is -0.350. The van der Waals surface area contributed by atoms with Gasteiger partial charge in [-0.05, 0) is 18.3 Å². The van der Waals surface area contributed by atoms with E-state index in [0.29, 0.717) is 0 Å². The van der Waals surface area contributed by atoms with E-state index in [0.717, 1.165) is 36.2 Å². The second-order valence-electron chi connectivity index (χ2n) is 6.48. The Morgan fingerprint density at radius 2 is 1.89 bits per heavy atom. The maximum atomic E-state index is 5.74. The van der Waals surface area contributed by atoms with Gasteiger partial charge in [0.15, 0.2) is 0 Å². The monoisotopic (exact) mass is 289 g/mol. The van der Waals surface area contributed by atoms with Crippen LogP contribution in [0, 0.1) is 5.41 Å². The Labute approximate surface area is 120 Å². The number of anilines is 1. The van der Waals surface area contributed by atoms with E-state index in [4.69, 9.17) is 11.6 Å². The van der Waals surface area contributed by atoms with Gasteiger partial charge < -0.3 is 5.32 Å². The van der Waals surface area contributed by atoms with Crippen molar-refractivity contribution in [2.45, 2.75) is 52.9 Å². The normalized spacial score (nSPS) is 12.8. The van der Waals surface area contributed by atoms with Crippen LogP contribution in [0.5, 0.6) is 0 Å². The lowest BCUT2D eigenvalue weighted by molar-refractivity contribution is 0.355. The van der Waals surface area contributed by atoms with Gasteiger partial charge in [0.1, 0.15) is 5.82 Å². The summed E-state index contributed by atoms with van der Waals surface area (Å²) in [5, 5.41) is 4.30. The van der Waals surface area contributed by atoms with Gasteiger partial charge in [-0.2, -0.15) is 4.37 Å². The summed E-state index contributed by atoms with van der Waals surface area (Å²) >= 11 is 7.18. The van der Waals surface area contributed by atoms with Gasteiger partial charge in [-0.25, -0.2) is 4.98 Å². The first-order valence-electron chi connectivity index (χ1n) is 6.39. The molecule has 0 fully saturated rings. The summed E-state index contributed by atoms with van der Waals surface area (Å²) in [7, 11) is 0. The molecule has 0 spiro atoms. The fourth-order valence-electron chi connectivity index (χ4n) is 1.55. The van der Waals surface area contributed by atoms with E-state index in [1.807, 2.05) is 0 Å². The molecule has 0 aromatic carbocycles. The van der Waals surface area contributed by atoms with Gasteiger partial charge in [0.2, 0.25) is 5.13 Å². The van der Waals surface area contributed by atoms with E-state index in [-0.39, 0.29) is 10.8 Å². The van der Waals surface area contributed by atoms with Crippen molar-refractivity contribution in [2.75, 3.05) is 17.7 Å². The van der Waals surface area contributed by atoms with Crippen molar-refractivity contribution in [1.82, 2.24) is 9.36 Å². The van der Waals surface area contributed by atoms with Gasteiger partial charge in [0.05, 0.1) is 0 Å². The summed E-state index contributed by atoms with van der Waals surface area (Å²) < 4.78 is 4.40. The van der Waals surface area contributed by atoms with Crippen LogP contribution in [0.1, 0.15) is 53.3 Å². The van der Waals surface area contributed by atoms with Gasteiger partial charge in [-0.3, -0.25) is 0 Å². The van der Waals surface area contributed by atoms with E-state index >= 15 is 0 Å². The molecule has 0 saturated heterocycles. The lowest BCUT2D eigenvalue weighted by Gasteiger charge is -2.24. The van der Waals surface area contributed by atoms with Gasteiger partial charge in [-0.1, -0.05) is 34.6 Å². The van der Waals surface area contributed by atoms with Crippen LogP contribution < -0.4 is 5.32 Å². The number of rotatable bonds is 6. The molecule has 0 aliphatic heterocycles. The topological polar surface area (TPSA) is 37.8 Å². The molecule has 1 heterocycles. The van der Waals surface area contributed by atoms with Gasteiger partial charge in [0, 0.05) is 29.4 Å². The summed E-state index contributed by atoms with van der Waals surface area (Å²) in [6, 6.07) is 0.